The van der Waals surface area contributed by atoms with Crippen LogP contribution in [0.15, 0.2) is 24.3 Å². The molecule has 1 aliphatic rings. The fourth-order valence-corrected chi connectivity index (χ4v) is 2.31. The van der Waals surface area contributed by atoms with E-state index < -0.39 is 5.97 Å². The third kappa shape index (κ3) is 3.81. The molecule has 0 spiro atoms. The number of carbonyl (C=O) groups excluding carboxylic acids is 2. The van der Waals surface area contributed by atoms with Crippen molar-refractivity contribution in [3.63, 3.8) is 0 Å². The highest BCUT2D eigenvalue weighted by Crippen LogP contribution is 2.17. The molecule has 0 saturated carbocycles. The van der Waals surface area contributed by atoms with Gasteiger partial charge in [-0.05, 0) is 24.1 Å². The largest absolute Gasteiger partial charge is 0.478 e. The molecule has 6 heteroatoms. The zero-order chi connectivity index (χ0) is 15.4. The van der Waals surface area contributed by atoms with Gasteiger partial charge in [0.2, 0.25) is 11.8 Å². The Kier molecular flexibility index (Phi) is 4.57. The molecule has 1 aromatic rings. The van der Waals surface area contributed by atoms with Crippen LogP contribution in [0.4, 0.5) is 0 Å². The van der Waals surface area contributed by atoms with Crippen LogP contribution in [-0.2, 0) is 16.1 Å². The predicted octanol–water partition coefficient (Wildman–Crippen LogP) is 0.869. The topological polar surface area (TPSA) is 86.7 Å². The van der Waals surface area contributed by atoms with Gasteiger partial charge in [-0.3, -0.25) is 9.59 Å². The molecule has 1 heterocycles. The number of carboxylic acid groups (broad SMARTS) is 1. The van der Waals surface area contributed by atoms with Crippen molar-refractivity contribution in [2.24, 2.45) is 5.92 Å². The number of carbonyl (C=O) groups is 3. The molecule has 1 saturated heterocycles. The summed E-state index contributed by atoms with van der Waals surface area (Å²) >= 11 is 0. The monoisotopic (exact) mass is 290 g/mol. The molecule has 0 aliphatic carbocycles. The zero-order valence-electron chi connectivity index (χ0n) is 11.8. The summed E-state index contributed by atoms with van der Waals surface area (Å²) in [4.78, 5) is 36.1. The van der Waals surface area contributed by atoms with Crippen molar-refractivity contribution in [2.45, 2.75) is 19.4 Å². The third-order valence-electron chi connectivity index (χ3n) is 3.67. The van der Waals surface area contributed by atoms with Gasteiger partial charge in [-0.15, -0.1) is 0 Å². The lowest BCUT2D eigenvalue weighted by atomic mass is 9.95. The number of nitrogens with zero attached hydrogens (tertiary/aromatic N) is 1. The minimum Gasteiger partial charge on any atom is -0.478 e. The molecule has 1 aliphatic heterocycles. The van der Waals surface area contributed by atoms with Crippen LogP contribution in [0.5, 0.6) is 0 Å². The maximum absolute atomic E-state index is 12.0. The Morgan fingerprint density at radius 3 is 2.86 bits per heavy atom. The Bertz CT molecular complexity index is 571. The average Bonchev–Trinajstić information content (AvgIpc) is 2.48. The van der Waals surface area contributed by atoms with Crippen molar-refractivity contribution < 1.29 is 19.5 Å². The lowest BCUT2D eigenvalue weighted by Crippen LogP contribution is -2.41. The predicted molar refractivity (Wildman–Crippen MR) is 75.6 cm³/mol. The normalized spacial score (nSPS) is 18.4. The lowest BCUT2D eigenvalue weighted by molar-refractivity contribution is -0.139. The van der Waals surface area contributed by atoms with Crippen molar-refractivity contribution in [1.82, 2.24) is 10.2 Å². The second-order valence-electron chi connectivity index (χ2n) is 5.23. The molecule has 0 radical (unpaired) electrons. The third-order valence-corrected chi connectivity index (χ3v) is 3.67. The minimum absolute atomic E-state index is 0.0192. The highest BCUT2D eigenvalue weighted by atomic mass is 16.4. The summed E-state index contributed by atoms with van der Waals surface area (Å²) in [6.45, 7) is 0.853. The van der Waals surface area contributed by atoms with Gasteiger partial charge in [-0.2, -0.15) is 0 Å². The molecule has 112 valence electrons. The van der Waals surface area contributed by atoms with E-state index in [9.17, 15) is 14.4 Å². The van der Waals surface area contributed by atoms with Gasteiger partial charge in [0.25, 0.3) is 0 Å². The number of aromatic carboxylic acids is 1. The Balaban J connectivity index is 1.91. The van der Waals surface area contributed by atoms with Crippen molar-refractivity contribution >= 4 is 17.8 Å². The highest BCUT2D eigenvalue weighted by Gasteiger charge is 2.28. The second-order valence-corrected chi connectivity index (χ2v) is 5.23. The Labute approximate surface area is 122 Å². The SMILES string of the molecule is CN1CC[C@H](C(=O)NCc2cccc(C(=O)O)c2)CC1=O. The van der Waals surface area contributed by atoms with Gasteiger partial charge in [0, 0.05) is 32.5 Å². The molecule has 0 unspecified atom stereocenters. The van der Waals surface area contributed by atoms with Crippen LogP contribution >= 0.6 is 0 Å². The molecule has 1 aromatic carbocycles. The van der Waals surface area contributed by atoms with Crippen LogP contribution in [0.25, 0.3) is 0 Å². The van der Waals surface area contributed by atoms with Crippen LogP contribution in [0, 0.1) is 5.92 Å². The van der Waals surface area contributed by atoms with Crippen LogP contribution in [-0.4, -0.2) is 41.4 Å². The van der Waals surface area contributed by atoms with Crippen molar-refractivity contribution in [1.29, 1.82) is 0 Å². The second kappa shape index (κ2) is 6.39. The van der Waals surface area contributed by atoms with Gasteiger partial charge in [0.1, 0.15) is 0 Å². The maximum atomic E-state index is 12.0. The number of hydrogen-bond acceptors (Lipinski definition) is 3. The van der Waals surface area contributed by atoms with E-state index in [1.165, 1.54) is 12.1 Å². The minimum atomic E-state index is -0.996. The molecule has 6 nitrogen and oxygen atoms in total. The van der Waals surface area contributed by atoms with Crippen molar-refractivity contribution in [3.8, 4) is 0 Å². The standard InChI is InChI=1S/C15H18N2O4/c1-17-6-5-11(8-13(17)18)14(19)16-9-10-3-2-4-12(7-10)15(20)21/h2-4,7,11H,5-6,8-9H2,1H3,(H,16,19)(H,20,21)/t11-/m0/s1. The molecule has 0 aromatic heterocycles. The summed E-state index contributed by atoms with van der Waals surface area (Å²) in [5.41, 5.74) is 0.915. The Hall–Kier alpha value is -2.37. The van der Waals surface area contributed by atoms with E-state index in [1.807, 2.05) is 0 Å². The quantitative estimate of drug-likeness (QED) is 0.861. The summed E-state index contributed by atoms with van der Waals surface area (Å²) in [7, 11) is 1.73. The number of carboxylic acids is 1. The van der Waals surface area contributed by atoms with E-state index in [0.717, 1.165) is 5.56 Å². The maximum Gasteiger partial charge on any atom is 0.335 e. The van der Waals surface area contributed by atoms with Gasteiger partial charge < -0.3 is 15.3 Å². The number of piperidine rings is 1. The van der Waals surface area contributed by atoms with E-state index in [1.54, 1.807) is 24.1 Å². The number of rotatable bonds is 4. The fraction of sp³-hybridized carbons (Fsp3) is 0.400. The smallest absolute Gasteiger partial charge is 0.335 e. The van der Waals surface area contributed by atoms with Gasteiger partial charge in [0.05, 0.1) is 5.56 Å². The Morgan fingerprint density at radius 2 is 2.19 bits per heavy atom. The molecule has 0 bridgehead atoms. The number of benzene rings is 1. The number of hydrogen-bond donors (Lipinski definition) is 2. The summed E-state index contributed by atoms with van der Waals surface area (Å²) in [6, 6.07) is 6.43. The molecule has 2 N–H and O–H groups in total. The molecule has 2 amide bonds. The van der Waals surface area contributed by atoms with Crippen molar-refractivity contribution in [2.75, 3.05) is 13.6 Å². The van der Waals surface area contributed by atoms with E-state index >= 15 is 0 Å². The molecular formula is C15H18N2O4. The highest BCUT2D eigenvalue weighted by molar-refractivity contribution is 5.88. The van der Waals surface area contributed by atoms with E-state index in [4.69, 9.17) is 5.11 Å². The van der Waals surface area contributed by atoms with Gasteiger partial charge in [-0.25, -0.2) is 4.79 Å². The summed E-state index contributed by atoms with van der Waals surface area (Å²) in [6.07, 6.45) is 0.890. The first-order valence-corrected chi connectivity index (χ1v) is 6.81. The van der Waals surface area contributed by atoms with Crippen molar-refractivity contribution in [3.05, 3.63) is 35.4 Å². The average molecular weight is 290 g/mol. The van der Waals surface area contributed by atoms with Crippen LogP contribution in [0.3, 0.4) is 0 Å². The first kappa shape index (κ1) is 15.0. The molecule has 21 heavy (non-hydrogen) atoms. The van der Waals surface area contributed by atoms with E-state index in [-0.39, 0.29) is 36.3 Å². The number of nitrogens with one attached hydrogen (secondary N) is 1. The molecule has 1 atom stereocenters. The van der Waals surface area contributed by atoms with E-state index in [0.29, 0.717) is 13.0 Å². The van der Waals surface area contributed by atoms with Crippen LogP contribution < -0.4 is 5.32 Å². The fourth-order valence-electron chi connectivity index (χ4n) is 2.31. The van der Waals surface area contributed by atoms with E-state index in [2.05, 4.69) is 5.32 Å². The van der Waals surface area contributed by atoms with Crippen LogP contribution in [0.2, 0.25) is 0 Å². The zero-order valence-corrected chi connectivity index (χ0v) is 11.8. The van der Waals surface area contributed by atoms with Crippen LogP contribution in [0.1, 0.15) is 28.8 Å². The number of amides is 2. The van der Waals surface area contributed by atoms with Gasteiger partial charge >= 0.3 is 5.97 Å². The molecule has 2 rings (SSSR count). The Morgan fingerprint density at radius 1 is 1.43 bits per heavy atom. The lowest BCUT2D eigenvalue weighted by Gasteiger charge is -2.27. The first-order valence-electron chi connectivity index (χ1n) is 6.81. The first-order chi connectivity index (χ1) is 9.97. The summed E-state index contributed by atoms with van der Waals surface area (Å²) in [5.74, 6) is -1.47. The molecular weight excluding hydrogens is 272 g/mol. The summed E-state index contributed by atoms with van der Waals surface area (Å²) in [5, 5.41) is 11.7. The number of likely N-dealkylation sites (tertiary alicyclic amines) is 1. The van der Waals surface area contributed by atoms with Gasteiger partial charge in [-0.1, -0.05) is 12.1 Å². The van der Waals surface area contributed by atoms with Gasteiger partial charge in [0.15, 0.2) is 0 Å². The molecule has 1 fully saturated rings. The summed E-state index contributed by atoms with van der Waals surface area (Å²) < 4.78 is 0.